The van der Waals surface area contributed by atoms with E-state index in [1.165, 1.54) is 29.5 Å². The lowest BCUT2D eigenvalue weighted by Gasteiger charge is -2.23. The third kappa shape index (κ3) is 2.56. The Morgan fingerprint density at radius 1 is 1.07 bits per heavy atom. The molecule has 0 spiro atoms. The molecule has 4 rings (SSSR count). The largest absolute Gasteiger partial charge is 0.478 e. The van der Waals surface area contributed by atoms with Crippen molar-refractivity contribution < 1.29 is 19.5 Å². The molecule has 9 heteroatoms. The van der Waals surface area contributed by atoms with Crippen LogP contribution in [0.1, 0.15) is 49.7 Å². The monoisotopic (exact) mass is 363 g/mol. The quantitative estimate of drug-likeness (QED) is 0.701. The Hall–Kier alpha value is -3.88. The molecule has 2 aromatic heterocycles. The minimum atomic E-state index is -1.12. The number of carboxylic acid groups (broad SMARTS) is 1. The van der Waals surface area contributed by atoms with Gasteiger partial charge in [-0.05, 0) is 19.1 Å². The number of imide groups is 1. The van der Waals surface area contributed by atoms with Crippen molar-refractivity contribution in [1.82, 2.24) is 24.6 Å². The molecule has 3 aromatic rings. The first-order valence-corrected chi connectivity index (χ1v) is 8.05. The smallest absolute Gasteiger partial charge is 0.338 e. The van der Waals surface area contributed by atoms with Gasteiger partial charge in [0, 0.05) is 18.6 Å². The van der Waals surface area contributed by atoms with E-state index in [0.717, 1.165) is 4.90 Å². The number of carbonyl (C=O) groups excluding carboxylic acids is 2. The summed E-state index contributed by atoms with van der Waals surface area (Å²) < 4.78 is 1.26. The van der Waals surface area contributed by atoms with Crippen LogP contribution in [-0.2, 0) is 0 Å². The van der Waals surface area contributed by atoms with Gasteiger partial charge in [-0.2, -0.15) is 5.10 Å². The Labute approximate surface area is 152 Å². The zero-order chi connectivity index (χ0) is 19.1. The number of hydrogen-bond acceptors (Lipinski definition) is 6. The fraction of sp³-hybridized carbons (Fsp3) is 0.111. The van der Waals surface area contributed by atoms with E-state index in [-0.39, 0.29) is 11.4 Å². The van der Waals surface area contributed by atoms with E-state index < -0.39 is 23.8 Å². The zero-order valence-electron chi connectivity index (χ0n) is 14.1. The van der Waals surface area contributed by atoms with Gasteiger partial charge >= 0.3 is 5.97 Å². The molecule has 2 amide bonds. The van der Waals surface area contributed by atoms with Crippen molar-refractivity contribution in [3.05, 3.63) is 71.4 Å². The predicted octanol–water partition coefficient (Wildman–Crippen LogP) is 1.72. The second kappa shape index (κ2) is 6.13. The number of carbonyl (C=O) groups is 3. The van der Waals surface area contributed by atoms with E-state index >= 15 is 0 Å². The summed E-state index contributed by atoms with van der Waals surface area (Å²) >= 11 is 0. The second-order valence-electron chi connectivity index (χ2n) is 5.95. The summed E-state index contributed by atoms with van der Waals surface area (Å²) in [5, 5.41) is 13.1. The molecule has 0 bridgehead atoms. The van der Waals surface area contributed by atoms with Crippen LogP contribution >= 0.6 is 0 Å². The van der Waals surface area contributed by atoms with Crippen molar-refractivity contribution in [1.29, 1.82) is 0 Å². The summed E-state index contributed by atoms with van der Waals surface area (Å²) in [6.45, 7) is 1.66. The average molecular weight is 363 g/mol. The van der Waals surface area contributed by atoms with Gasteiger partial charge in [0.05, 0.1) is 28.9 Å². The van der Waals surface area contributed by atoms with Crippen LogP contribution in [0, 0.1) is 0 Å². The van der Waals surface area contributed by atoms with Crippen LogP contribution in [0.25, 0.3) is 5.82 Å². The van der Waals surface area contributed by atoms with Crippen LogP contribution in [-0.4, -0.2) is 47.5 Å². The molecular weight excluding hydrogens is 350 g/mol. The van der Waals surface area contributed by atoms with Gasteiger partial charge < -0.3 is 5.11 Å². The zero-order valence-corrected chi connectivity index (χ0v) is 14.1. The molecule has 0 saturated carbocycles. The number of benzene rings is 1. The molecule has 3 heterocycles. The molecule has 1 N–H and O–H groups in total. The van der Waals surface area contributed by atoms with Gasteiger partial charge in [-0.25, -0.2) is 14.5 Å². The number of aromatic carboxylic acids is 1. The Bertz CT molecular complexity index is 1060. The highest BCUT2D eigenvalue weighted by molar-refractivity contribution is 6.21. The number of rotatable bonds is 4. The Kier molecular flexibility index (Phi) is 3.76. The van der Waals surface area contributed by atoms with Crippen LogP contribution in [0.4, 0.5) is 0 Å². The minimum Gasteiger partial charge on any atom is -0.478 e. The van der Waals surface area contributed by atoms with Crippen LogP contribution in [0.2, 0.25) is 0 Å². The molecule has 1 aliphatic rings. The minimum absolute atomic E-state index is 0.0139. The summed E-state index contributed by atoms with van der Waals surface area (Å²) in [6, 6.07) is 5.88. The molecule has 1 unspecified atom stereocenters. The number of amides is 2. The van der Waals surface area contributed by atoms with Gasteiger partial charge in [-0.3, -0.25) is 19.5 Å². The highest BCUT2D eigenvalue weighted by Crippen LogP contribution is 2.31. The van der Waals surface area contributed by atoms with Crippen molar-refractivity contribution >= 4 is 17.8 Å². The van der Waals surface area contributed by atoms with E-state index in [1.54, 1.807) is 31.2 Å². The third-order valence-electron chi connectivity index (χ3n) is 4.36. The maximum Gasteiger partial charge on any atom is 0.338 e. The highest BCUT2D eigenvalue weighted by atomic mass is 16.4. The summed E-state index contributed by atoms with van der Waals surface area (Å²) in [6.07, 6.45) is 5.35. The lowest BCUT2D eigenvalue weighted by Crippen LogP contribution is -2.33. The van der Waals surface area contributed by atoms with E-state index in [9.17, 15) is 14.4 Å². The maximum absolute atomic E-state index is 12.7. The van der Waals surface area contributed by atoms with E-state index in [4.69, 9.17) is 5.11 Å². The number of hydrogen-bond donors (Lipinski definition) is 1. The molecule has 0 saturated heterocycles. The second-order valence-corrected chi connectivity index (χ2v) is 5.95. The van der Waals surface area contributed by atoms with Crippen molar-refractivity contribution in [3.63, 3.8) is 0 Å². The standard InChI is InChI=1S/C18H13N5O4/c1-10(23-16(24)12-4-2-3-5-13(12)17(23)25)14-15(20-7-6-19-14)22-9-11(8-21-22)18(26)27/h2-10H,1H3,(H,26,27). The first-order valence-electron chi connectivity index (χ1n) is 8.05. The van der Waals surface area contributed by atoms with Gasteiger partial charge in [0.2, 0.25) is 0 Å². The van der Waals surface area contributed by atoms with Gasteiger partial charge in [-0.1, -0.05) is 12.1 Å². The number of aromatic nitrogens is 4. The van der Waals surface area contributed by atoms with Crippen LogP contribution in [0.3, 0.4) is 0 Å². The Morgan fingerprint density at radius 3 is 2.30 bits per heavy atom. The topological polar surface area (TPSA) is 118 Å². The van der Waals surface area contributed by atoms with Crippen LogP contribution in [0.15, 0.2) is 49.1 Å². The first-order chi connectivity index (χ1) is 13.0. The van der Waals surface area contributed by atoms with Crippen molar-refractivity contribution in [2.24, 2.45) is 0 Å². The number of fused-ring (bicyclic) bond motifs is 1. The van der Waals surface area contributed by atoms with E-state index in [1.807, 2.05) is 0 Å². The van der Waals surface area contributed by atoms with Crippen LogP contribution < -0.4 is 0 Å². The summed E-state index contributed by atoms with van der Waals surface area (Å²) in [5.41, 5.74) is 0.992. The van der Waals surface area contributed by atoms with Crippen molar-refractivity contribution in [2.75, 3.05) is 0 Å². The van der Waals surface area contributed by atoms with E-state index in [0.29, 0.717) is 16.8 Å². The Morgan fingerprint density at radius 2 is 1.70 bits per heavy atom. The van der Waals surface area contributed by atoms with Gasteiger partial charge in [-0.15, -0.1) is 0 Å². The molecule has 1 aromatic carbocycles. The molecule has 9 nitrogen and oxygen atoms in total. The SMILES string of the molecule is CC(c1nccnc1-n1cc(C(=O)O)cn1)N1C(=O)c2ccccc2C1=O. The lowest BCUT2D eigenvalue weighted by molar-refractivity contribution is 0.0590. The van der Waals surface area contributed by atoms with Crippen molar-refractivity contribution in [2.45, 2.75) is 13.0 Å². The molecule has 0 radical (unpaired) electrons. The molecular formula is C18H13N5O4. The van der Waals surface area contributed by atoms with E-state index in [2.05, 4.69) is 15.1 Å². The number of nitrogens with zero attached hydrogens (tertiary/aromatic N) is 5. The lowest BCUT2D eigenvalue weighted by atomic mass is 10.1. The molecule has 0 aliphatic carbocycles. The van der Waals surface area contributed by atoms with Crippen molar-refractivity contribution in [3.8, 4) is 5.82 Å². The normalized spacial score (nSPS) is 14.3. The molecule has 134 valence electrons. The Balaban J connectivity index is 1.75. The molecule has 1 aliphatic heterocycles. The molecule has 1 atom stereocenters. The third-order valence-corrected chi connectivity index (χ3v) is 4.36. The van der Waals surface area contributed by atoms with Gasteiger partial charge in [0.25, 0.3) is 11.8 Å². The predicted molar refractivity (Wildman–Crippen MR) is 91.5 cm³/mol. The van der Waals surface area contributed by atoms with Gasteiger partial charge in [0.15, 0.2) is 5.82 Å². The summed E-state index contributed by atoms with van der Waals surface area (Å²) in [4.78, 5) is 46.1. The highest BCUT2D eigenvalue weighted by Gasteiger charge is 2.40. The van der Waals surface area contributed by atoms with Crippen LogP contribution in [0.5, 0.6) is 0 Å². The molecule has 0 fully saturated rings. The maximum atomic E-state index is 12.7. The first kappa shape index (κ1) is 16.6. The summed E-state index contributed by atoms with van der Waals surface area (Å²) in [5.74, 6) is -1.70. The number of carboxylic acids is 1. The van der Waals surface area contributed by atoms with Gasteiger partial charge in [0.1, 0.15) is 5.69 Å². The molecule has 27 heavy (non-hydrogen) atoms. The average Bonchev–Trinajstić information content (AvgIpc) is 3.26. The fourth-order valence-corrected chi connectivity index (χ4v) is 3.04. The summed E-state index contributed by atoms with van der Waals surface area (Å²) in [7, 11) is 0. The fourth-order valence-electron chi connectivity index (χ4n) is 3.04.